The largest absolute Gasteiger partial charge is 0.310 e. The van der Waals surface area contributed by atoms with Crippen LogP contribution in [0.3, 0.4) is 0 Å². The van der Waals surface area contributed by atoms with Gasteiger partial charge in [0.15, 0.2) is 0 Å². The van der Waals surface area contributed by atoms with Gasteiger partial charge in [0.2, 0.25) is 0 Å². The second kappa shape index (κ2) is 4.82. The lowest BCUT2D eigenvalue weighted by atomic mass is 10.1. The van der Waals surface area contributed by atoms with Gasteiger partial charge in [-0.3, -0.25) is 0 Å². The number of nitrogens with one attached hydrogen (secondary N) is 1. The van der Waals surface area contributed by atoms with Crippen LogP contribution in [0.4, 0.5) is 4.39 Å². The molecule has 0 atom stereocenters. The fourth-order valence-electron chi connectivity index (χ4n) is 1.88. The molecule has 92 valence electrons. The van der Waals surface area contributed by atoms with E-state index in [9.17, 15) is 4.39 Å². The highest BCUT2D eigenvalue weighted by molar-refractivity contribution is 5.62. The van der Waals surface area contributed by atoms with E-state index in [2.05, 4.69) is 15.3 Å². The molecule has 0 amide bonds. The van der Waals surface area contributed by atoms with Gasteiger partial charge in [0.1, 0.15) is 12.1 Å². The summed E-state index contributed by atoms with van der Waals surface area (Å²) in [4.78, 5) is 7.95. The summed E-state index contributed by atoms with van der Waals surface area (Å²) in [6.07, 6.45) is 7.36. The Morgan fingerprint density at radius 3 is 2.67 bits per heavy atom. The maximum Gasteiger partial charge on any atom is 0.127 e. The monoisotopic (exact) mass is 243 g/mol. The first-order valence-electron chi connectivity index (χ1n) is 6.10. The highest BCUT2D eigenvalue weighted by Gasteiger charge is 2.20. The van der Waals surface area contributed by atoms with Crippen molar-refractivity contribution in [1.29, 1.82) is 0 Å². The maximum atomic E-state index is 13.7. The van der Waals surface area contributed by atoms with Crippen LogP contribution in [-0.4, -0.2) is 16.0 Å². The smallest absolute Gasteiger partial charge is 0.127 e. The number of hydrogen-bond donors (Lipinski definition) is 1. The third kappa shape index (κ3) is 2.54. The Balaban J connectivity index is 1.84. The van der Waals surface area contributed by atoms with Gasteiger partial charge in [0.25, 0.3) is 0 Å². The molecule has 4 heteroatoms. The average Bonchev–Trinajstić information content (AvgIpc) is 3.23. The molecule has 1 N–H and O–H groups in total. The first kappa shape index (κ1) is 11.3. The number of nitrogens with zero attached hydrogens (tertiary/aromatic N) is 2. The summed E-state index contributed by atoms with van der Waals surface area (Å²) in [6, 6.07) is 5.71. The van der Waals surface area contributed by atoms with Crippen LogP contribution in [-0.2, 0) is 6.54 Å². The molecule has 1 aromatic carbocycles. The Morgan fingerprint density at radius 1 is 1.17 bits per heavy atom. The number of halogens is 1. The Hall–Kier alpha value is -1.81. The van der Waals surface area contributed by atoms with Crippen LogP contribution in [0.2, 0.25) is 0 Å². The van der Waals surface area contributed by atoms with E-state index in [1.807, 2.05) is 6.07 Å². The van der Waals surface area contributed by atoms with Crippen molar-refractivity contribution < 1.29 is 4.39 Å². The Kier molecular flexibility index (Phi) is 3.02. The highest BCUT2D eigenvalue weighted by Crippen LogP contribution is 2.23. The molecule has 1 heterocycles. The molecule has 2 aromatic rings. The zero-order chi connectivity index (χ0) is 12.4. The number of rotatable bonds is 4. The van der Waals surface area contributed by atoms with Gasteiger partial charge in [0.05, 0.1) is 0 Å². The molecule has 0 spiro atoms. The zero-order valence-corrected chi connectivity index (χ0v) is 9.94. The summed E-state index contributed by atoms with van der Waals surface area (Å²) in [5.74, 6) is -0.163. The molecule has 0 bridgehead atoms. The van der Waals surface area contributed by atoms with Gasteiger partial charge in [-0.2, -0.15) is 0 Å². The first-order chi connectivity index (χ1) is 8.83. The van der Waals surface area contributed by atoms with Crippen molar-refractivity contribution in [3.8, 4) is 11.1 Å². The maximum absolute atomic E-state index is 13.7. The van der Waals surface area contributed by atoms with Crippen LogP contribution in [0.15, 0.2) is 36.9 Å². The lowest BCUT2D eigenvalue weighted by Gasteiger charge is -2.07. The van der Waals surface area contributed by atoms with Gasteiger partial charge >= 0.3 is 0 Å². The third-order valence-corrected chi connectivity index (χ3v) is 3.10. The van der Waals surface area contributed by atoms with E-state index in [4.69, 9.17) is 0 Å². The number of aromatic nitrogens is 2. The molecule has 3 nitrogen and oxygen atoms in total. The minimum atomic E-state index is -0.163. The quantitative estimate of drug-likeness (QED) is 0.896. The van der Waals surface area contributed by atoms with Gasteiger partial charge in [-0.1, -0.05) is 6.07 Å². The van der Waals surface area contributed by atoms with E-state index in [1.165, 1.54) is 25.2 Å². The van der Waals surface area contributed by atoms with E-state index >= 15 is 0 Å². The van der Waals surface area contributed by atoms with Gasteiger partial charge in [-0.25, -0.2) is 14.4 Å². The van der Waals surface area contributed by atoms with Crippen molar-refractivity contribution in [1.82, 2.24) is 15.3 Å². The minimum Gasteiger partial charge on any atom is -0.310 e. The van der Waals surface area contributed by atoms with E-state index in [-0.39, 0.29) is 5.82 Å². The molecule has 18 heavy (non-hydrogen) atoms. The van der Waals surface area contributed by atoms with Crippen molar-refractivity contribution in [2.75, 3.05) is 0 Å². The van der Waals surface area contributed by atoms with E-state index in [1.54, 1.807) is 18.5 Å². The van der Waals surface area contributed by atoms with Crippen molar-refractivity contribution in [3.05, 3.63) is 48.3 Å². The SMILES string of the molecule is Fc1ccc(-c2cncnc2)cc1CNC1CC1. The van der Waals surface area contributed by atoms with Crippen LogP contribution < -0.4 is 5.32 Å². The van der Waals surface area contributed by atoms with E-state index in [0.717, 1.165) is 11.1 Å². The Labute approximate surface area is 105 Å². The molecule has 1 aromatic heterocycles. The normalized spacial score (nSPS) is 14.7. The molecule has 0 saturated heterocycles. The topological polar surface area (TPSA) is 37.8 Å². The standard InChI is InChI=1S/C14H14FN3/c15-14-4-1-10(12-6-16-9-17-7-12)5-11(14)8-18-13-2-3-13/h1,4-7,9,13,18H,2-3,8H2. The van der Waals surface area contributed by atoms with Crippen LogP contribution >= 0.6 is 0 Å². The molecule has 0 aliphatic heterocycles. The Morgan fingerprint density at radius 2 is 1.94 bits per heavy atom. The summed E-state index contributed by atoms with van der Waals surface area (Å²) in [5.41, 5.74) is 2.55. The van der Waals surface area contributed by atoms with Gasteiger partial charge < -0.3 is 5.32 Å². The molecular weight excluding hydrogens is 229 g/mol. The second-order valence-electron chi connectivity index (χ2n) is 4.59. The minimum absolute atomic E-state index is 0.163. The lowest BCUT2D eigenvalue weighted by Crippen LogP contribution is -2.16. The van der Waals surface area contributed by atoms with Crippen LogP contribution in [0.5, 0.6) is 0 Å². The van der Waals surface area contributed by atoms with Crippen molar-refractivity contribution in [3.63, 3.8) is 0 Å². The molecule has 0 unspecified atom stereocenters. The molecule has 1 aliphatic rings. The molecule has 1 fully saturated rings. The fourth-order valence-corrected chi connectivity index (χ4v) is 1.88. The molecule has 1 saturated carbocycles. The summed E-state index contributed by atoms with van der Waals surface area (Å²) < 4.78 is 13.7. The second-order valence-corrected chi connectivity index (χ2v) is 4.59. The summed E-state index contributed by atoms with van der Waals surface area (Å²) in [5, 5.41) is 3.32. The van der Waals surface area contributed by atoms with Gasteiger partial charge in [0, 0.05) is 36.1 Å². The van der Waals surface area contributed by atoms with Crippen molar-refractivity contribution in [2.24, 2.45) is 0 Å². The summed E-state index contributed by atoms with van der Waals surface area (Å²) in [6.45, 7) is 0.581. The summed E-state index contributed by atoms with van der Waals surface area (Å²) >= 11 is 0. The van der Waals surface area contributed by atoms with Crippen molar-refractivity contribution in [2.45, 2.75) is 25.4 Å². The average molecular weight is 243 g/mol. The van der Waals surface area contributed by atoms with Crippen molar-refractivity contribution >= 4 is 0 Å². The third-order valence-electron chi connectivity index (χ3n) is 3.10. The molecule has 0 radical (unpaired) electrons. The number of benzene rings is 1. The molecule has 3 rings (SSSR count). The van der Waals surface area contributed by atoms with Crippen LogP contribution in [0.25, 0.3) is 11.1 Å². The highest BCUT2D eigenvalue weighted by atomic mass is 19.1. The van der Waals surface area contributed by atoms with Crippen LogP contribution in [0, 0.1) is 5.82 Å². The molecule has 1 aliphatic carbocycles. The Bertz CT molecular complexity index is 538. The zero-order valence-electron chi connectivity index (χ0n) is 9.94. The predicted molar refractivity (Wildman–Crippen MR) is 67.3 cm³/mol. The van der Waals surface area contributed by atoms with Gasteiger partial charge in [-0.05, 0) is 30.5 Å². The first-order valence-corrected chi connectivity index (χ1v) is 6.10. The van der Waals surface area contributed by atoms with E-state index in [0.29, 0.717) is 18.2 Å². The number of hydrogen-bond acceptors (Lipinski definition) is 3. The molecular formula is C14H14FN3. The lowest BCUT2D eigenvalue weighted by molar-refractivity contribution is 0.587. The predicted octanol–water partition coefficient (Wildman–Crippen LogP) is 2.53. The van der Waals surface area contributed by atoms with Gasteiger partial charge in [-0.15, -0.1) is 0 Å². The van der Waals surface area contributed by atoms with E-state index < -0.39 is 0 Å². The summed E-state index contributed by atoms with van der Waals surface area (Å²) in [7, 11) is 0. The van der Waals surface area contributed by atoms with Crippen LogP contribution in [0.1, 0.15) is 18.4 Å². The fraction of sp³-hybridized carbons (Fsp3) is 0.286.